The average Bonchev–Trinajstić information content (AvgIpc) is 3.72. The molecule has 4 rings (SSSR count). The van der Waals surface area contributed by atoms with Crippen LogP contribution in [0.15, 0.2) is 70.0 Å². The van der Waals surface area contributed by atoms with Gasteiger partial charge in [-0.05, 0) is 48.7 Å². The number of carboxylic acid groups (broad SMARTS) is 1. The fraction of sp³-hybridized carbons (Fsp3) is 0.333. The molecular formula is C30H36FN9O7S3. The zero-order valence-corrected chi connectivity index (χ0v) is 29.1. The molecule has 0 spiro atoms. The molecule has 1 amide bonds. The molecule has 0 radical (unpaired) electrons. The molecule has 0 saturated heterocycles. The molecule has 0 unspecified atom stereocenters. The Morgan fingerprint density at radius 1 is 1.24 bits per heavy atom. The topological polar surface area (TPSA) is 230 Å². The lowest BCUT2D eigenvalue weighted by Crippen LogP contribution is -2.44. The minimum Gasteiger partial charge on any atom is -0.492 e. The Hall–Kier alpha value is -4.79. The third-order valence-corrected chi connectivity index (χ3v) is 10.1. The van der Waals surface area contributed by atoms with E-state index >= 15 is 0 Å². The first-order valence-electron chi connectivity index (χ1n) is 15.0. The number of allylic oxidation sites excluding steroid dienone is 1. The number of halogens is 1. The van der Waals surface area contributed by atoms with Crippen LogP contribution in [0.1, 0.15) is 24.1 Å². The SMILES string of the molecule is C=NN(/C=C(\N)CCCF)CCOc1cccc(CSC[C@@H](NC(=O)Cn2cc(COc3ccc4nc(S(N)(=O)=O)sc4c3)nn2)C(=O)O)c1. The Bertz CT molecular complexity index is 1920. The molecule has 0 bridgehead atoms. The Labute approximate surface area is 295 Å². The van der Waals surface area contributed by atoms with Gasteiger partial charge in [-0.2, -0.15) is 16.9 Å². The predicted molar refractivity (Wildman–Crippen MR) is 187 cm³/mol. The van der Waals surface area contributed by atoms with E-state index in [-0.39, 0.29) is 29.9 Å². The normalized spacial score (nSPS) is 12.4. The number of aromatic nitrogens is 4. The molecule has 50 heavy (non-hydrogen) atoms. The number of nitrogens with one attached hydrogen (secondary N) is 1. The number of fused-ring (bicyclic) bond motifs is 1. The Balaban J connectivity index is 1.20. The van der Waals surface area contributed by atoms with E-state index < -0.39 is 34.6 Å². The number of carbonyl (C=O) groups excluding carboxylic acids is 1. The number of benzene rings is 2. The van der Waals surface area contributed by atoms with Gasteiger partial charge in [0.25, 0.3) is 10.0 Å². The van der Waals surface area contributed by atoms with Crippen molar-refractivity contribution in [3.05, 3.63) is 71.8 Å². The van der Waals surface area contributed by atoms with Gasteiger partial charge in [-0.1, -0.05) is 17.3 Å². The Morgan fingerprint density at radius 3 is 2.78 bits per heavy atom. The molecule has 2 aromatic carbocycles. The summed E-state index contributed by atoms with van der Waals surface area (Å²) in [4.78, 5) is 28.5. The summed E-state index contributed by atoms with van der Waals surface area (Å²) in [6.45, 7) is 3.47. The van der Waals surface area contributed by atoms with Crippen molar-refractivity contribution in [2.45, 2.75) is 42.1 Å². The van der Waals surface area contributed by atoms with Gasteiger partial charge in [-0.15, -0.1) is 16.4 Å². The van der Waals surface area contributed by atoms with E-state index in [0.717, 1.165) is 16.9 Å². The molecule has 0 aliphatic heterocycles. The molecular weight excluding hydrogens is 714 g/mol. The second kappa shape index (κ2) is 18.3. The first kappa shape index (κ1) is 38.0. The molecule has 0 fully saturated rings. The van der Waals surface area contributed by atoms with Gasteiger partial charge in [-0.25, -0.2) is 28.0 Å². The fourth-order valence-electron chi connectivity index (χ4n) is 4.28. The van der Waals surface area contributed by atoms with Crippen LogP contribution < -0.4 is 25.7 Å². The van der Waals surface area contributed by atoms with Crippen LogP contribution in [0.3, 0.4) is 0 Å². The summed E-state index contributed by atoms with van der Waals surface area (Å²) in [5, 5.41) is 30.7. The molecule has 0 saturated carbocycles. The number of aliphatic carboxylic acids is 1. The largest absolute Gasteiger partial charge is 0.492 e. The van der Waals surface area contributed by atoms with Crippen molar-refractivity contribution in [1.82, 2.24) is 30.3 Å². The molecule has 4 aromatic rings. The van der Waals surface area contributed by atoms with Crippen LogP contribution in [0.25, 0.3) is 10.2 Å². The number of rotatable bonds is 21. The number of hydrogen-bond acceptors (Lipinski definition) is 14. The number of hydrazone groups is 1. The molecule has 16 nitrogen and oxygen atoms in total. The lowest BCUT2D eigenvalue weighted by Gasteiger charge is -2.16. The van der Waals surface area contributed by atoms with Gasteiger partial charge in [0.2, 0.25) is 10.2 Å². The fourth-order valence-corrected chi connectivity index (χ4v) is 6.96. The third kappa shape index (κ3) is 12.0. The highest BCUT2D eigenvalue weighted by Gasteiger charge is 2.21. The number of amides is 1. The monoisotopic (exact) mass is 749 g/mol. The van der Waals surface area contributed by atoms with Crippen LogP contribution in [0.4, 0.5) is 4.39 Å². The number of carboxylic acids is 1. The minimum absolute atomic E-state index is 0.00811. The van der Waals surface area contributed by atoms with Crippen molar-refractivity contribution in [1.29, 1.82) is 0 Å². The third-order valence-electron chi connectivity index (χ3n) is 6.63. The maximum absolute atomic E-state index is 12.7. The maximum atomic E-state index is 12.7. The number of hydrogen-bond donors (Lipinski definition) is 4. The van der Waals surface area contributed by atoms with Crippen LogP contribution in [0.5, 0.6) is 11.5 Å². The summed E-state index contributed by atoms with van der Waals surface area (Å²) < 4.78 is 48.7. The smallest absolute Gasteiger partial charge is 0.327 e. The average molecular weight is 750 g/mol. The molecule has 2 aromatic heterocycles. The summed E-state index contributed by atoms with van der Waals surface area (Å²) in [6.07, 6.45) is 3.85. The number of ether oxygens (including phenoxy) is 2. The van der Waals surface area contributed by atoms with E-state index in [2.05, 4.69) is 32.4 Å². The molecule has 6 N–H and O–H groups in total. The molecule has 0 aliphatic carbocycles. The van der Waals surface area contributed by atoms with Crippen molar-refractivity contribution < 1.29 is 37.0 Å². The summed E-state index contributed by atoms with van der Waals surface area (Å²) in [5.74, 6) is -0.104. The number of nitrogens with zero attached hydrogens (tertiary/aromatic N) is 6. The molecule has 20 heteroatoms. The lowest BCUT2D eigenvalue weighted by molar-refractivity contribution is -0.141. The van der Waals surface area contributed by atoms with Crippen LogP contribution in [0.2, 0.25) is 0 Å². The molecule has 2 heterocycles. The van der Waals surface area contributed by atoms with Gasteiger partial charge in [0, 0.05) is 30.1 Å². The second-order valence-electron chi connectivity index (χ2n) is 10.6. The second-order valence-corrected chi connectivity index (χ2v) is 14.4. The van der Waals surface area contributed by atoms with E-state index in [4.69, 9.17) is 20.3 Å². The van der Waals surface area contributed by atoms with Gasteiger partial charge in [0.05, 0.1) is 29.6 Å². The number of carbonyl (C=O) groups is 2. The number of nitrogens with two attached hydrogens (primary N) is 2. The van der Waals surface area contributed by atoms with Crippen molar-refractivity contribution >= 4 is 61.9 Å². The molecule has 1 atom stereocenters. The maximum Gasteiger partial charge on any atom is 0.327 e. The van der Waals surface area contributed by atoms with Crippen molar-refractivity contribution in [3.63, 3.8) is 0 Å². The van der Waals surface area contributed by atoms with Crippen LogP contribution in [0, 0.1) is 0 Å². The van der Waals surface area contributed by atoms with Gasteiger partial charge in [-0.3, -0.25) is 14.2 Å². The van der Waals surface area contributed by atoms with Crippen molar-refractivity contribution in [2.24, 2.45) is 16.0 Å². The van der Waals surface area contributed by atoms with Crippen LogP contribution >= 0.6 is 23.1 Å². The highest BCUT2D eigenvalue weighted by Crippen LogP contribution is 2.28. The molecule has 0 aliphatic rings. The number of thioether (sulfide) groups is 1. The van der Waals surface area contributed by atoms with Crippen LogP contribution in [-0.4, -0.2) is 88.7 Å². The van der Waals surface area contributed by atoms with Crippen molar-refractivity contribution in [2.75, 3.05) is 25.6 Å². The van der Waals surface area contributed by atoms with Crippen LogP contribution in [-0.2, 0) is 38.5 Å². The minimum atomic E-state index is -3.92. The van der Waals surface area contributed by atoms with E-state index in [1.54, 1.807) is 30.5 Å². The van der Waals surface area contributed by atoms with Gasteiger partial charge < -0.3 is 25.6 Å². The number of thiazole rings is 1. The van der Waals surface area contributed by atoms with E-state index in [1.165, 1.54) is 27.6 Å². The standard InChI is InChI=1S/C30H36FN9O7S3/c1-34-39(14-21(32)5-3-9-31)10-11-46-23-6-2-4-20(12-23)18-48-19-26(29(42)43)35-28(41)16-40-15-22(37-38-40)17-47-24-7-8-25-27(13-24)49-30(36-25)50(33,44)45/h2,4,6-8,12-15,26H,1,3,5,9-11,16-19,32H2,(H,35,41)(H,42,43)(H2,33,44,45)/b21-14-/t26-/m1/s1. The first-order valence-corrected chi connectivity index (χ1v) is 18.5. The van der Waals surface area contributed by atoms with Gasteiger partial charge in [0.1, 0.15) is 43.0 Å². The zero-order valence-electron chi connectivity index (χ0n) is 26.7. The summed E-state index contributed by atoms with van der Waals surface area (Å²) >= 11 is 2.26. The predicted octanol–water partition coefficient (Wildman–Crippen LogP) is 2.46. The summed E-state index contributed by atoms with van der Waals surface area (Å²) in [7, 11) is -3.92. The van der Waals surface area contributed by atoms with Gasteiger partial charge in [0.15, 0.2) is 0 Å². The lowest BCUT2D eigenvalue weighted by atomic mass is 10.2. The number of primary sulfonamides is 1. The highest BCUT2D eigenvalue weighted by atomic mass is 32.2. The first-order chi connectivity index (χ1) is 23.9. The Morgan fingerprint density at radius 2 is 2.04 bits per heavy atom. The highest BCUT2D eigenvalue weighted by molar-refractivity contribution is 7.98. The number of alkyl halides is 1. The Kier molecular flexibility index (Phi) is 13.9. The quantitative estimate of drug-likeness (QED) is 0.0710. The molecule has 268 valence electrons. The van der Waals surface area contributed by atoms with E-state index in [9.17, 15) is 27.5 Å². The van der Waals surface area contributed by atoms with E-state index in [1.807, 2.05) is 18.2 Å². The number of sulfonamides is 1. The zero-order chi connectivity index (χ0) is 36.1. The van der Waals surface area contributed by atoms with E-state index in [0.29, 0.717) is 58.2 Å². The summed E-state index contributed by atoms with van der Waals surface area (Å²) in [5.41, 5.74) is 8.14. The van der Waals surface area contributed by atoms with Gasteiger partial charge >= 0.3 is 5.97 Å². The summed E-state index contributed by atoms with van der Waals surface area (Å²) in [6, 6.07) is 11.1. The van der Waals surface area contributed by atoms with Crippen molar-refractivity contribution in [3.8, 4) is 11.5 Å².